The van der Waals surface area contributed by atoms with Crippen molar-refractivity contribution in [1.82, 2.24) is 0 Å². The van der Waals surface area contributed by atoms with Crippen LogP contribution in [0.3, 0.4) is 0 Å². The van der Waals surface area contributed by atoms with Gasteiger partial charge in [-0.2, -0.15) is 13.7 Å². The number of allylic oxidation sites excluding steroid dienone is 2. The molecule has 26 heavy (non-hydrogen) atoms. The Labute approximate surface area is 156 Å². The van der Waals surface area contributed by atoms with Crippen molar-refractivity contribution in [3.05, 3.63) is 52.4 Å². The summed E-state index contributed by atoms with van der Waals surface area (Å²) in [7, 11) is -2.45. The lowest BCUT2D eigenvalue weighted by atomic mass is 10.00. The first kappa shape index (κ1) is 19.8. The van der Waals surface area contributed by atoms with E-state index in [4.69, 9.17) is 4.74 Å². The molecule has 0 amide bonds. The zero-order valence-electron chi connectivity index (χ0n) is 14.1. The Kier molecular flexibility index (Phi) is 6.60. The maximum atomic E-state index is 11.9. The molecule has 0 radical (unpaired) electrons. The molecule has 0 spiro atoms. The molecule has 0 saturated carbocycles. The Hall–Kier alpha value is -2.57. The quantitative estimate of drug-likeness (QED) is 0.416. The predicted molar refractivity (Wildman–Crippen MR) is 99.6 cm³/mol. The number of ether oxygens (including phenoxy) is 1. The number of rotatable bonds is 6. The zero-order chi connectivity index (χ0) is 19.2. The van der Waals surface area contributed by atoms with Gasteiger partial charge in [0.1, 0.15) is 11.1 Å². The van der Waals surface area contributed by atoms with Gasteiger partial charge in [0.2, 0.25) is 0 Å². The number of thioether (sulfide) groups is 1. The Morgan fingerprint density at radius 1 is 1.27 bits per heavy atom. The summed E-state index contributed by atoms with van der Waals surface area (Å²) < 4.78 is 32.5. The van der Waals surface area contributed by atoms with Crippen molar-refractivity contribution in [2.45, 2.75) is 13.3 Å². The minimum absolute atomic E-state index is 0.128. The zero-order valence-corrected chi connectivity index (χ0v) is 15.8. The first-order chi connectivity index (χ1) is 12.4. The molecule has 1 heterocycles. The number of carbonyl (C=O) groups excluding carboxylic acids is 1. The fourth-order valence-corrected chi connectivity index (χ4v) is 3.77. The van der Waals surface area contributed by atoms with Crippen LogP contribution in [0, 0.1) is 11.3 Å². The number of hydrogen-bond acceptors (Lipinski definition) is 8. The van der Waals surface area contributed by atoms with Crippen molar-refractivity contribution in [3.63, 3.8) is 0 Å². The molecule has 1 aliphatic rings. The van der Waals surface area contributed by atoms with Crippen LogP contribution in [0.1, 0.15) is 29.3 Å². The average Bonchev–Trinajstić information content (AvgIpc) is 3.09. The summed E-state index contributed by atoms with van der Waals surface area (Å²) in [6, 6.07) is 8.67. The lowest BCUT2D eigenvalue weighted by Crippen LogP contribution is -2.07. The van der Waals surface area contributed by atoms with Gasteiger partial charge in [-0.05, 0) is 24.6 Å². The number of hydrogen-bond donors (Lipinski definition) is 0. The summed E-state index contributed by atoms with van der Waals surface area (Å²) in [5, 5.41) is 13.5. The Morgan fingerprint density at radius 2 is 1.96 bits per heavy atom. The molecule has 0 unspecified atom stereocenters. The summed E-state index contributed by atoms with van der Waals surface area (Å²) in [4.78, 5) is 12.4. The third-order valence-electron chi connectivity index (χ3n) is 3.25. The normalized spacial score (nSPS) is 17.0. The van der Waals surface area contributed by atoms with Gasteiger partial charge in [-0.15, -0.1) is 0 Å². The van der Waals surface area contributed by atoms with Crippen molar-refractivity contribution >= 4 is 38.5 Å². The molecule has 2 rings (SSSR count). The van der Waals surface area contributed by atoms with Crippen molar-refractivity contribution in [1.29, 1.82) is 5.26 Å². The van der Waals surface area contributed by atoms with Crippen LogP contribution in [0.5, 0.6) is 0 Å². The molecule has 0 aliphatic carbocycles. The SMILES string of the molecule is CCCS(=O)(=O)O/N=C1C=C/C(=C(\C#N)c2ccccc2C(=O)OC)S\1. The number of nitrogens with zero attached hydrogens (tertiary/aromatic N) is 2. The van der Waals surface area contributed by atoms with E-state index in [1.165, 1.54) is 7.11 Å². The second-order valence-corrected chi connectivity index (χ2v) is 7.82. The standard InChI is InChI=1S/C17H16N2O5S2/c1-3-10-26(21,22)24-19-16-9-8-15(25-16)14(11-18)12-6-4-5-7-13(12)17(20)23-2/h4-9H,3,10H2,1-2H3/b15-14-,19-16+. The first-order valence-corrected chi connectivity index (χ1v) is 9.98. The maximum absolute atomic E-state index is 11.9. The third-order valence-corrected chi connectivity index (χ3v) is 5.44. The lowest BCUT2D eigenvalue weighted by Gasteiger charge is -2.08. The minimum atomic E-state index is -3.71. The predicted octanol–water partition coefficient (Wildman–Crippen LogP) is 3.08. The molecule has 9 heteroatoms. The molecule has 0 atom stereocenters. The second-order valence-electron chi connectivity index (χ2n) is 5.09. The highest BCUT2D eigenvalue weighted by atomic mass is 32.2. The molecule has 0 N–H and O–H groups in total. The highest BCUT2D eigenvalue weighted by Gasteiger charge is 2.21. The summed E-state index contributed by atoms with van der Waals surface area (Å²) in [6.45, 7) is 1.72. The van der Waals surface area contributed by atoms with Crippen LogP contribution in [-0.2, 0) is 19.1 Å². The topological polar surface area (TPSA) is 106 Å². The van der Waals surface area contributed by atoms with Crippen LogP contribution in [-0.4, -0.2) is 32.3 Å². The fourth-order valence-electron chi connectivity index (χ4n) is 2.13. The van der Waals surface area contributed by atoms with Crippen LogP contribution >= 0.6 is 11.8 Å². The number of nitriles is 1. The smallest absolute Gasteiger partial charge is 0.338 e. The summed E-state index contributed by atoms with van der Waals surface area (Å²) in [5.74, 6) is -0.680. The number of methoxy groups -OCH3 is 1. The van der Waals surface area contributed by atoms with Crippen LogP contribution in [0.15, 0.2) is 46.5 Å². The van der Waals surface area contributed by atoms with Crippen LogP contribution in [0.4, 0.5) is 0 Å². The monoisotopic (exact) mass is 392 g/mol. The molecule has 0 fully saturated rings. The van der Waals surface area contributed by atoms with E-state index in [1.54, 1.807) is 43.3 Å². The Morgan fingerprint density at radius 3 is 2.58 bits per heavy atom. The fraction of sp³-hybridized carbons (Fsp3) is 0.235. The van der Waals surface area contributed by atoms with E-state index in [2.05, 4.69) is 15.5 Å². The molecular weight excluding hydrogens is 376 g/mol. The average molecular weight is 392 g/mol. The summed E-state index contributed by atoms with van der Waals surface area (Å²) >= 11 is 1.08. The van der Waals surface area contributed by atoms with Gasteiger partial charge in [0, 0.05) is 10.5 Å². The van der Waals surface area contributed by atoms with Gasteiger partial charge < -0.3 is 4.74 Å². The van der Waals surface area contributed by atoms with E-state index in [-0.39, 0.29) is 16.9 Å². The van der Waals surface area contributed by atoms with Crippen molar-refractivity contribution in [3.8, 4) is 6.07 Å². The van der Waals surface area contributed by atoms with Crippen LogP contribution in [0.2, 0.25) is 0 Å². The van der Waals surface area contributed by atoms with Gasteiger partial charge in [0.15, 0.2) is 0 Å². The van der Waals surface area contributed by atoms with Gasteiger partial charge in [0.05, 0.1) is 24.0 Å². The van der Waals surface area contributed by atoms with E-state index in [9.17, 15) is 18.5 Å². The van der Waals surface area contributed by atoms with E-state index in [1.807, 2.05) is 0 Å². The molecule has 136 valence electrons. The van der Waals surface area contributed by atoms with Gasteiger partial charge in [-0.1, -0.05) is 42.0 Å². The van der Waals surface area contributed by atoms with Gasteiger partial charge in [0.25, 0.3) is 0 Å². The van der Waals surface area contributed by atoms with Crippen molar-refractivity contribution < 1.29 is 22.2 Å². The van der Waals surface area contributed by atoms with Gasteiger partial charge in [-0.25, -0.2) is 4.79 Å². The van der Waals surface area contributed by atoms with E-state index in [0.717, 1.165) is 11.8 Å². The number of benzene rings is 1. The van der Waals surface area contributed by atoms with E-state index in [0.29, 0.717) is 21.9 Å². The van der Waals surface area contributed by atoms with Crippen LogP contribution in [0.25, 0.3) is 5.57 Å². The van der Waals surface area contributed by atoms with E-state index < -0.39 is 16.1 Å². The number of oxime groups is 1. The Balaban J connectivity index is 2.33. The number of carbonyl (C=O) groups is 1. The molecule has 1 aliphatic heterocycles. The largest absolute Gasteiger partial charge is 0.465 e. The molecule has 1 aromatic carbocycles. The maximum Gasteiger partial charge on any atom is 0.338 e. The molecule has 1 aromatic rings. The second kappa shape index (κ2) is 8.69. The third kappa shape index (κ3) is 4.74. The van der Waals surface area contributed by atoms with Gasteiger partial charge >= 0.3 is 16.1 Å². The minimum Gasteiger partial charge on any atom is -0.465 e. The highest BCUT2D eigenvalue weighted by Crippen LogP contribution is 2.35. The molecule has 7 nitrogen and oxygen atoms in total. The lowest BCUT2D eigenvalue weighted by molar-refractivity contribution is 0.0600. The molecule has 0 saturated heterocycles. The highest BCUT2D eigenvalue weighted by molar-refractivity contribution is 8.18. The summed E-state index contributed by atoms with van der Waals surface area (Å²) in [5.41, 5.74) is 0.948. The summed E-state index contributed by atoms with van der Waals surface area (Å²) in [6.07, 6.45) is 3.58. The van der Waals surface area contributed by atoms with Gasteiger partial charge in [-0.3, -0.25) is 4.28 Å². The molecular formula is C17H16N2O5S2. The Bertz CT molecular complexity index is 940. The first-order valence-electron chi connectivity index (χ1n) is 7.59. The molecule has 0 bridgehead atoms. The number of esters is 1. The van der Waals surface area contributed by atoms with Crippen LogP contribution < -0.4 is 0 Å². The van der Waals surface area contributed by atoms with Crippen molar-refractivity contribution in [2.24, 2.45) is 5.16 Å². The van der Waals surface area contributed by atoms with Crippen molar-refractivity contribution in [2.75, 3.05) is 12.9 Å². The van der Waals surface area contributed by atoms with E-state index >= 15 is 0 Å². The molecule has 0 aromatic heterocycles.